The van der Waals surface area contributed by atoms with Crippen LogP contribution in [0.5, 0.6) is 0 Å². The molecule has 6 heteroatoms. The molecule has 17 rings (SSSR count). The molecule has 0 amide bonds. The highest BCUT2D eigenvalue weighted by Gasteiger charge is 2.34. The van der Waals surface area contributed by atoms with Crippen molar-refractivity contribution in [3.05, 3.63) is 290 Å². The lowest BCUT2D eigenvalue weighted by Crippen LogP contribution is -2.12. The van der Waals surface area contributed by atoms with Crippen molar-refractivity contribution in [3.8, 4) is 90.3 Å². The van der Waals surface area contributed by atoms with E-state index in [4.69, 9.17) is 0 Å². The van der Waals surface area contributed by atoms with Crippen LogP contribution < -0.4 is 0 Å². The number of hydrogen-bond donors (Lipinski definition) is 0. The third-order valence-corrected chi connectivity index (χ3v) is 19.8. The molecule has 0 aliphatic carbocycles. The lowest BCUT2D eigenvalue weighted by atomic mass is 9.82. The molecule has 0 saturated heterocycles. The summed E-state index contributed by atoms with van der Waals surface area (Å²) in [5, 5.41) is 34.3. The second kappa shape index (κ2) is 19.8. The van der Waals surface area contributed by atoms with Crippen LogP contribution in [0.2, 0.25) is 0 Å². The summed E-state index contributed by atoms with van der Waals surface area (Å²) in [4.78, 5) is 0. The molecule has 86 heavy (non-hydrogen) atoms. The predicted molar refractivity (Wildman–Crippen MR) is 363 cm³/mol. The number of hydrogen-bond acceptors (Lipinski definition) is 4. The van der Waals surface area contributed by atoms with Crippen molar-refractivity contribution in [1.82, 2.24) is 9.13 Å². The van der Waals surface area contributed by atoms with Gasteiger partial charge in [0.15, 0.2) is 0 Å². The molecule has 398 valence electrons. The van der Waals surface area contributed by atoms with Crippen molar-refractivity contribution < 1.29 is 0 Å². The summed E-state index contributed by atoms with van der Waals surface area (Å²) < 4.78 is 9.38. The van der Waals surface area contributed by atoms with Gasteiger partial charge in [-0.05, 0) is 92.0 Å². The topological polar surface area (TPSA) is 57.4 Å². The van der Waals surface area contributed by atoms with E-state index in [1.165, 1.54) is 20.2 Å². The zero-order valence-corrected chi connectivity index (χ0v) is 47.8. The maximum absolute atomic E-state index is 12.7. The Hall–Kier alpha value is -11.1. The molecule has 17 aromatic rings. The van der Waals surface area contributed by atoms with Crippen LogP contribution >= 0.6 is 22.7 Å². The van der Waals surface area contributed by atoms with Gasteiger partial charge in [0.1, 0.15) is 12.1 Å². The SMILES string of the molecule is N#Cc1c(-c2ccccc2-c2ccccc2)c(C#N)c(-n2c3ccccc3c3ccc4c5cc(-c6ccccc6)ccc5sc4c32)c(-c2ccccc2-c2ccccc2)c1-n1c2ccccc2c2ccc3c4cc(-c5ccccc5)ccc4sc3c21. The Morgan fingerprint density at radius 3 is 1.03 bits per heavy atom. The Kier molecular flexibility index (Phi) is 11.4. The number of thiophene rings is 2. The van der Waals surface area contributed by atoms with Crippen LogP contribution in [0.3, 0.4) is 0 Å². The van der Waals surface area contributed by atoms with Gasteiger partial charge in [-0.1, -0.05) is 243 Å². The highest BCUT2D eigenvalue weighted by Crippen LogP contribution is 2.54. The van der Waals surface area contributed by atoms with E-state index in [0.717, 1.165) is 125 Å². The van der Waals surface area contributed by atoms with Gasteiger partial charge in [-0.15, -0.1) is 22.7 Å². The molecule has 4 aromatic heterocycles. The maximum atomic E-state index is 12.7. The quantitative estimate of drug-likeness (QED) is 0.152. The molecule has 0 fully saturated rings. The van der Waals surface area contributed by atoms with Crippen LogP contribution in [0.1, 0.15) is 11.1 Å². The average molecular weight is 1130 g/mol. The zero-order valence-electron chi connectivity index (χ0n) is 46.2. The molecule has 4 nitrogen and oxygen atoms in total. The molecule has 0 aliphatic rings. The molecule has 0 bridgehead atoms. The smallest absolute Gasteiger partial charge is 0.102 e. The number of benzene rings is 13. The fourth-order valence-corrected chi connectivity index (χ4v) is 16.1. The summed E-state index contributed by atoms with van der Waals surface area (Å²) in [6.45, 7) is 0. The molecular weight excluding hydrogens is 1080 g/mol. The third-order valence-electron chi connectivity index (χ3n) is 17.4. The summed E-state index contributed by atoms with van der Waals surface area (Å²) in [6, 6.07) is 105. The van der Waals surface area contributed by atoms with E-state index in [1.807, 2.05) is 12.1 Å². The maximum Gasteiger partial charge on any atom is 0.102 e. The number of rotatable bonds is 8. The van der Waals surface area contributed by atoms with Gasteiger partial charge in [0.05, 0.1) is 54.0 Å². The van der Waals surface area contributed by atoms with Gasteiger partial charge in [0.2, 0.25) is 0 Å². The van der Waals surface area contributed by atoms with E-state index in [2.05, 4.69) is 288 Å². The standard InChI is InChI=1S/C80H46N4S2/c81-47-67-73(59-33-15-13-29-55(59)51-25-9-3-10-26-51)68(48-82)76(84-70-36-20-18-32-58(70)62-40-42-64-66-46-54(50-23-7-2-8-24-50)38-44-72(66)86-80(64)78(62)84)74(60-34-16-14-30-56(60)52-27-11-4-12-28-52)75(67)83-69-35-19-17-31-57(69)61-39-41-63-65-45-53(49-21-5-1-6-22-49)37-43-71(65)85-79(63)77(61)83/h1-46H. The van der Waals surface area contributed by atoms with Crippen molar-refractivity contribution in [2.45, 2.75) is 0 Å². The first-order chi connectivity index (χ1) is 42.6. The van der Waals surface area contributed by atoms with Gasteiger partial charge >= 0.3 is 0 Å². The minimum Gasteiger partial charge on any atom is -0.306 e. The van der Waals surface area contributed by atoms with E-state index < -0.39 is 0 Å². The minimum atomic E-state index is 0.403. The van der Waals surface area contributed by atoms with Gasteiger partial charge in [0.25, 0.3) is 0 Å². The van der Waals surface area contributed by atoms with Crippen molar-refractivity contribution in [2.24, 2.45) is 0 Å². The summed E-state index contributed by atoms with van der Waals surface area (Å²) in [5.74, 6) is 0. The third kappa shape index (κ3) is 7.45. The summed E-state index contributed by atoms with van der Waals surface area (Å²) in [5.41, 5.74) is 17.7. The highest BCUT2D eigenvalue weighted by atomic mass is 32.1. The van der Waals surface area contributed by atoms with Gasteiger partial charge in [-0.2, -0.15) is 10.5 Å². The van der Waals surface area contributed by atoms with Crippen LogP contribution in [0, 0.1) is 22.7 Å². The highest BCUT2D eigenvalue weighted by molar-refractivity contribution is 7.27. The monoisotopic (exact) mass is 1130 g/mol. The van der Waals surface area contributed by atoms with Gasteiger partial charge in [-0.3, -0.25) is 0 Å². The van der Waals surface area contributed by atoms with E-state index in [1.54, 1.807) is 22.7 Å². The predicted octanol–water partition coefficient (Wildman–Crippen LogP) is 22.4. The fraction of sp³-hybridized carbons (Fsp3) is 0. The molecule has 0 spiro atoms. The van der Waals surface area contributed by atoms with Crippen LogP contribution in [0.25, 0.3) is 162 Å². The first kappa shape index (κ1) is 49.5. The second-order valence-electron chi connectivity index (χ2n) is 22.0. The Balaban J connectivity index is 1.12. The van der Waals surface area contributed by atoms with E-state index >= 15 is 0 Å². The summed E-state index contributed by atoms with van der Waals surface area (Å²) in [7, 11) is 0. The molecule has 0 radical (unpaired) electrons. The van der Waals surface area contributed by atoms with Gasteiger partial charge in [-0.25, -0.2) is 0 Å². The molecular formula is C80H46N4S2. The van der Waals surface area contributed by atoms with Crippen molar-refractivity contribution >= 4 is 107 Å². The second-order valence-corrected chi connectivity index (χ2v) is 24.1. The molecule has 13 aromatic carbocycles. The first-order valence-corrected chi connectivity index (χ1v) is 30.5. The lowest BCUT2D eigenvalue weighted by Gasteiger charge is -2.27. The zero-order chi connectivity index (χ0) is 57.0. The van der Waals surface area contributed by atoms with E-state index in [-0.39, 0.29) is 0 Å². The van der Waals surface area contributed by atoms with Crippen LogP contribution in [0.15, 0.2) is 279 Å². The summed E-state index contributed by atoms with van der Waals surface area (Å²) >= 11 is 3.58. The van der Waals surface area contributed by atoms with Crippen LogP contribution in [0.4, 0.5) is 0 Å². The number of para-hydroxylation sites is 2. The van der Waals surface area contributed by atoms with Crippen molar-refractivity contribution in [3.63, 3.8) is 0 Å². The molecule has 0 atom stereocenters. The molecule has 0 N–H and O–H groups in total. The largest absolute Gasteiger partial charge is 0.306 e. The van der Waals surface area contributed by atoms with Gasteiger partial charge in [0, 0.05) is 63.6 Å². The number of nitriles is 2. The molecule has 0 saturated carbocycles. The number of fused-ring (bicyclic) bond motifs is 14. The van der Waals surface area contributed by atoms with Crippen molar-refractivity contribution in [1.29, 1.82) is 10.5 Å². The number of aromatic nitrogens is 2. The Bertz CT molecular complexity index is 5450. The first-order valence-electron chi connectivity index (χ1n) is 28.9. The molecule has 0 unspecified atom stereocenters. The minimum absolute atomic E-state index is 0.403. The average Bonchev–Trinajstić information content (AvgIpc) is 1.46. The van der Waals surface area contributed by atoms with Crippen LogP contribution in [-0.2, 0) is 0 Å². The molecule has 0 aliphatic heterocycles. The van der Waals surface area contributed by atoms with Crippen LogP contribution in [-0.4, -0.2) is 9.13 Å². The Labute approximate surface area is 503 Å². The van der Waals surface area contributed by atoms with E-state index in [0.29, 0.717) is 28.1 Å². The Morgan fingerprint density at radius 1 is 0.267 bits per heavy atom. The normalized spacial score (nSPS) is 11.7. The number of nitrogens with zero attached hydrogens (tertiary/aromatic N) is 4. The summed E-state index contributed by atoms with van der Waals surface area (Å²) in [6.07, 6.45) is 0. The lowest BCUT2D eigenvalue weighted by molar-refractivity contribution is 1.13. The fourth-order valence-electron chi connectivity index (χ4n) is 13.7. The van der Waals surface area contributed by atoms with E-state index in [9.17, 15) is 10.5 Å². The Morgan fingerprint density at radius 2 is 0.616 bits per heavy atom. The van der Waals surface area contributed by atoms with Gasteiger partial charge < -0.3 is 9.13 Å². The molecule has 4 heterocycles. The van der Waals surface area contributed by atoms with Crippen molar-refractivity contribution in [2.75, 3.05) is 0 Å².